The highest BCUT2D eigenvalue weighted by Crippen LogP contribution is 2.26. The normalized spacial score (nSPS) is 21.8. The molecule has 0 aliphatic carbocycles. The van der Waals surface area contributed by atoms with Crippen molar-refractivity contribution in [1.82, 2.24) is 0 Å². The fourth-order valence-electron chi connectivity index (χ4n) is 1.78. The van der Waals surface area contributed by atoms with E-state index in [4.69, 9.17) is 4.74 Å². The van der Waals surface area contributed by atoms with Gasteiger partial charge in [0.1, 0.15) is 0 Å². The molecule has 1 heterocycles. The first-order chi connectivity index (χ1) is 6.77. The molecule has 1 fully saturated rings. The molecular formula is C12H14O2. The summed E-state index contributed by atoms with van der Waals surface area (Å²) in [5.41, 5.74) is 2.30. The Morgan fingerprint density at radius 2 is 2.00 bits per heavy atom. The number of ether oxygens (including phenoxy) is 1. The van der Waals surface area contributed by atoms with Crippen LogP contribution in [0.15, 0.2) is 24.3 Å². The maximum atomic E-state index is 11.5. The zero-order valence-electron chi connectivity index (χ0n) is 8.32. The van der Waals surface area contributed by atoms with E-state index >= 15 is 0 Å². The Bertz CT molecular complexity index is 327. The summed E-state index contributed by atoms with van der Waals surface area (Å²) < 4.78 is 5.04. The molecule has 0 spiro atoms. The van der Waals surface area contributed by atoms with Crippen molar-refractivity contribution < 1.29 is 9.53 Å². The quantitative estimate of drug-likeness (QED) is 0.636. The summed E-state index contributed by atoms with van der Waals surface area (Å²) in [5.74, 6) is -0.107. The first-order valence-electron chi connectivity index (χ1n) is 5.00. The minimum absolute atomic E-state index is 0.0376. The third kappa shape index (κ3) is 1.79. The number of carbonyl (C=O) groups is 1. The first-order valence-corrected chi connectivity index (χ1v) is 5.00. The molecule has 2 nitrogen and oxygen atoms in total. The third-order valence-electron chi connectivity index (χ3n) is 2.65. The van der Waals surface area contributed by atoms with Crippen LogP contribution in [0.1, 0.15) is 29.9 Å². The Labute approximate surface area is 83.9 Å². The van der Waals surface area contributed by atoms with Crippen molar-refractivity contribution in [2.75, 3.05) is 6.61 Å². The van der Waals surface area contributed by atoms with Crippen molar-refractivity contribution in [2.24, 2.45) is 0 Å². The second kappa shape index (κ2) is 3.82. The van der Waals surface area contributed by atoms with Crippen molar-refractivity contribution in [3.8, 4) is 0 Å². The largest absolute Gasteiger partial charge is 0.465 e. The second-order valence-electron chi connectivity index (χ2n) is 3.77. The van der Waals surface area contributed by atoms with Crippen molar-refractivity contribution in [2.45, 2.75) is 25.7 Å². The molecule has 0 amide bonds. The molecule has 1 atom stereocenters. The Kier molecular flexibility index (Phi) is 2.53. The number of hydrogen-bond acceptors (Lipinski definition) is 2. The third-order valence-corrected chi connectivity index (χ3v) is 2.65. The number of rotatable bonds is 1. The molecule has 2 heteroatoms. The molecule has 1 saturated heterocycles. The number of hydrogen-bond donors (Lipinski definition) is 0. The van der Waals surface area contributed by atoms with Crippen LogP contribution in [-0.2, 0) is 9.53 Å². The topological polar surface area (TPSA) is 26.3 Å². The standard InChI is InChI=1S/C12H14O2/c1-9-4-6-10(7-5-9)11-3-2-8-14-12(11)13/h4-7,11H,2-3,8H2,1H3. The van der Waals surface area contributed by atoms with Gasteiger partial charge in [0, 0.05) is 0 Å². The zero-order chi connectivity index (χ0) is 9.97. The first kappa shape index (κ1) is 9.25. The van der Waals surface area contributed by atoms with Crippen LogP contribution in [0.2, 0.25) is 0 Å². The number of esters is 1. The Morgan fingerprint density at radius 3 is 2.64 bits per heavy atom. The molecular weight excluding hydrogens is 176 g/mol. The minimum atomic E-state index is -0.0693. The molecule has 14 heavy (non-hydrogen) atoms. The smallest absolute Gasteiger partial charge is 0.313 e. The predicted octanol–water partition coefficient (Wildman–Crippen LogP) is 2.42. The fraction of sp³-hybridized carbons (Fsp3) is 0.417. The molecule has 2 rings (SSSR count). The molecule has 1 aromatic rings. The summed E-state index contributed by atoms with van der Waals surface area (Å²) >= 11 is 0. The summed E-state index contributed by atoms with van der Waals surface area (Å²) in [6, 6.07) is 8.12. The van der Waals surface area contributed by atoms with E-state index in [0.717, 1.165) is 18.4 Å². The van der Waals surface area contributed by atoms with Crippen LogP contribution < -0.4 is 0 Å². The molecule has 0 N–H and O–H groups in total. The number of carbonyl (C=O) groups excluding carboxylic acids is 1. The number of cyclic esters (lactones) is 1. The molecule has 1 aromatic carbocycles. The summed E-state index contributed by atoms with van der Waals surface area (Å²) in [5, 5.41) is 0. The lowest BCUT2D eigenvalue weighted by Crippen LogP contribution is -2.22. The van der Waals surface area contributed by atoms with Gasteiger partial charge in [0.05, 0.1) is 12.5 Å². The van der Waals surface area contributed by atoms with Crippen LogP contribution in [0.3, 0.4) is 0 Å². The monoisotopic (exact) mass is 190 g/mol. The summed E-state index contributed by atoms with van der Waals surface area (Å²) in [4.78, 5) is 11.5. The van der Waals surface area contributed by atoms with Crippen molar-refractivity contribution in [1.29, 1.82) is 0 Å². The average molecular weight is 190 g/mol. The SMILES string of the molecule is Cc1ccc(C2CCCOC2=O)cc1. The van der Waals surface area contributed by atoms with Crippen LogP contribution in [0.5, 0.6) is 0 Å². The van der Waals surface area contributed by atoms with E-state index in [9.17, 15) is 4.79 Å². The van der Waals surface area contributed by atoms with Gasteiger partial charge in [-0.1, -0.05) is 29.8 Å². The van der Waals surface area contributed by atoms with Gasteiger partial charge in [-0.05, 0) is 25.3 Å². The Balaban J connectivity index is 2.20. The molecule has 0 bridgehead atoms. The minimum Gasteiger partial charge on any atom is -0.465 e. The lowest BCUT2D eigenvalue weighted by atomic mass is 9.92. The van der Waals surface area contributed by atoms with E-state index in [0.29, 0.717) is 6.61 Å². The van der Waals surface area contributed by atoms with Crippen LogP contribution in [-0.4, -0.2) is 12.6 Å². The van der Waals surface area contributed by atoms with Crippen LogP contribution in [0.4, 0.5) is 0 Å². The highest BCUT2D eigenvalue weighted by molar-refractivity contribution is 5.78. The lowest BCUT2D eigenvalue weighted by molar-refractivity contribution is -0.149. The van der Waals surface area contributed by atoms with Crippen molar-refractivity contribution in [3.05, 3.63) is 35.4 Å². The molecule has 1 unspecified atom stereocenters. The van der Waals surface area contributed by atoms with E-state index in [1.165, 1.54) is 5.56 Å². The zero-order valence-corrected chi connectivity index (χ0v) is 8.32. The second-order valence-corrected chi connectivity index (χ2v) is 3.77. The average Bonchev–Trinajstić information content (AvgIpc) is 2.20. The lowest BCUT2D eigenvalue weighted by Gasteiger charge is -2.21. The maximum absolute atomic E-state index is 11.5. The van der Waals surface area contributed by atoms with Crippen molar-refractivity contribution >= 4 is 5.97 Å². The van der Waals surface area contributed by atoms with E-state index in [1.807, 2.05) is 31.2 Å². The molecule has 1 aliphatic heterocycles. The molecule has 1 aliphatic rings. The molecule has 74 valence electrons. The van der Waals surface area contributed by atoms with E-state index in [2.05, 4.69) is 0 Å². The van der Waals surface area contributed by atoms with Crippen LogP contribution in [0.25, 0.3) is 0 Å². The van der Waals surface area contributed by atoms with Crippen LogP contribution in [0, 0.1) is 6.92 Å². The molecule has 0 saturated carbocycles. The highest BCUT2D eigenvalue weighted by Gasteiger charge is 2.25. The van der Waals surface area contributed by atoms with Gasteiger partial charge in [0.25, 0.3) is 0 Å². The van der Waals surface area contributed by atoms with Crippen LogP contribution >= 0.6 is 0 Å². The highest BCUT2D eigenvalue weighted by atomic mass is 16.5. The Hall–Kier alpha value is -1.31. The van der Waals surface area contributed by atoms with Gasteiger partial charge in [-0.3, -0.25) is 4.79 Å². The predicted molar refractivity (Wildman–Crippen MR) is 54.1 cm³/mol. The summed E-state index contributed by atoms with van der Waals surface area (Å²) in [6.45, 7) is 2.63. The van der Waals surface area contributed by atoms with Gasteiger partial charge in [-0.15, -0.1) is 0 Å². The van der Waals surface area contributed by atoms with E-state index in [1.54, 1.807) is 0 Å². The van der Waals surface area contributed by atoms with Crippen molar-refractivity contribution in [3.63, 3.8) is 0 Å². The number of benzene rings is 1. The number of aryl methyl sites for hydroxylation is 1. The summed E-state index contributed by atoms with van der Waals surface area (Å²) in [6.07, 6.45) is 1.90. The van der Waals surface area contributed by atoms with E-state index < -0.39 is 0 Å². The van der Waals surface area contributed by atoms with Gasteiger partial charge in [0.15, 0.2) is 0 Å². The van der Waals surface area contributed by atoms with Gasteiger partial charge < -0.3 is 4.74 Å². The maximum Gasteiger partial charge on any atom is 0.313 e. The molecule has 0 radical (unpaired) electrons. The van der Waals surface area contributed by atoms with Gasteiger partial charge in [0.2, 0.25) is 0 Å². The fourth-order valence-corrected chi connectivity index (χ4v) is 1.78. The molecule has 0 aromatic heterocycles. The summed E-state index contributed by atoms with van der Waals surface area (Å²) in [7, 11) is 0. The Morgan fingerprint density at radius 1 is 1.29 bits per heavy atom. The van der Waals surface area contributed by atoms with Gasteiger partial charge in [-0.25, -0.2) is 0 Å². The van der Waals surface area contributed by atoms with E-state index in [-0.39, 0.29) is 11.9 Å². The van der Waals surface area contributed by atoms with Gasteiger partial charge in [-0.2, -0.15) is 0 Å². The van der Waals surface area contributed by atoms with Gasteiger partial charge >= 0.3 is 5.97 Å².